The van der Waals surface area contributed by atoms with E-state index in [1.807, 2.05) is 6.92 Å². The van der Waals surface area contributed by atoms with Crippen molar-refractivity contribution in [2.75, 3.05) is 32.2 Å². The van der Waals surface area contributed by atoms with Crippen molar-refractivity contribution in [3.8, 4) is 11.9 Å². The summed E-state index contributed by atoms with van der Waals surface area (Å²) in [6, 6.07) is 3.68. The van der Waals surface area contributed by atoms with Crippen LogP contribution in [-0.4, -0.2) is 68.6 Å². The Morgan fingerprint density at radius 2 is 2.40 bits per heavy atom. The Hall–Kier alpha value is -3.20. The maximum Gasteiger partial charge on any atom is 0.257 e. The van der Waals surface area contributed by atoms with Gasteiger partial charge in [-0.2, -0.15) is 10.2 Å². The minimum absolute atomic E-state index is 0.0368. The molecule has 1 aliphatic rings. The van der Waals surface area contributed by atoms with Gasteiger partial charge in [-0.15, -0.1) is 5.10 Å². The highest BCUT2D eigenvalue weighted by Crippen LogP contribution is 2.29. The van der Waals surface area contributed by atoms with Gasteiger partial charge in [0.25, 0.3) is 5.88 Å². The van der Waals surface area contributed by atoms with E-state index in [4.69, 9.17) is 18.3 Å². The Morgan fingerprint density at radius 3 is 3.10 bits per heavy atom. The molecule has 11 nitrogen and oxygen atoms in total. The summed E-state index contributed by atoms with van der Waals surface area (Å²) in [7, 11) is 1.58. The summed E-state index contributed by atoms with van der Waals surface area (Å²) in [6.45, 7) is -0.00312. The van der Waals surface area contributed by atoms with Crippen LogP contribution in [0.2, 0.25) is 0 Å². The quantitative estimate of drug-likeness (QED) is 0.581. The molecule has 0 radical (unpaired) electrons. The molecule has 11 heteroatoms. The number of rotatable bonds is 7. The van der Waals surface area contributed by atoms with E-state index in [0.29, 0.717) is 23.3 Å². The molecule has 3 atom stereocenters. The number of hydrogen-bond acceptors (Lipinski definition) is 9. The van der Waals surface area contributed by atoms with Crippen LogP contribution in [-0.2, 0) is 16.4 Å². The number of ether oxygens (including phenoxy) is 3. The molecule has 4 rings (SSSR count). The Labute approximate surface area is 177 Å². The molecule has 3 aromatic heterocycles. The molecule has 0 spiro atoms. The van der Waals surface area contributed by atoms with Crippen molar-refractivity contribution in [2.45, 2.75) is 25.2 Å². The molecule has 2 N–H and O–H groups in total. The van der Waals surface area contributed by atoms with Gasteiger partial charge >= 0.3 is 0 Å². The summed E-state index contributed by atoms with van der Waals surface area (Å²) in [6.07, 6.45) is 1.26. The molecule has 1 fully saturated rings. The van der Waals surface area contributed by atoms with E-state index in [-0.39, 0.29) is 36.8 Å². The maximum absolute atomic E-state index is 9.99. The Morgan fingerprint density at radius 1 is 1.53 bits per heavy atom. The minimum Gasteiger partial charge on any atom is -0.466 e. The largest absolute Gasteiger partial charge is 0.466 e. The first-order valence-corrected chi connectivity index (χ1v) is 9.28. The summed E-state index contributed by atoms with van der Waals surface area (Å²) < 4.78 is 41.6. The van der Waals surface area contributed by atoms with Gasteiger partial charge in [0.1, 0.15) is 29.2 Å². The molecule has 0 aromatic carbocycles. The number of nitrogens with zero attached hydrogens (tertiary/aromatic N) is 6. The van der Waals surface area contributed by atoms with Crippen LogP contribution >= 0.6 is 0 Å². The lowest BCUT2D eigenvalue weighted by molar-refractivity contribution is 0.0704. The Balaban J connectivity index is 1.70. The number of aromatic nitrogens is 5. The van der Waals surface area contributed by atoms with Crippen LogP contribution < -0.4 is 10.1 Å². The predicted octanol–water partition coefficient (Wildman–Crippen LogP) is 1.13. The van der Waals surface area contributed by atoms with Gasteiger partial charge in [0, 0.05) is 29.8 Å². The van der Waals surface area contributed by atoms with E-state index in [1.54, 1.807) is 23.9 Å². The molecule has 30 heavy (non-hydrogen) atoms. The standard InChI is InChI=1S/C19H23N7O4/c1-11(8-28-3)26-13(5-20)4-12-6-21-19(23-17(12)26)22-14-7-25(2)24-18(14)30-16-10-29-9-15(16)27/h4,6-7,11,15-16,27H,8-10H2,1-3H3,(H,21,22,23)/t11-,15+,16-/m0/s1/i2D3. The third-order valence-corrected chi connectivity index (χ3v) is 4.73. The van der Waals surface area contributed by atoms with Crippen molar-refractivity contribution in [2.24, 2.45) is 6.98 Å². The van der Waals surface area contributed by atoms with Crippen LogP contribution in [0.3, 0.4) is 0 Å². The van der Waals surface area contributed by atoms with Crippen molar-refractivity contribution in [3.05, 3.63) is 24.2 Å². The second-order valence-corrected chi connectivity index (χ2v) is 6.97. The first-order chi connectivity index (χ1) is 15.7. The Kier molecular flexibility index (Phi) is 4.57. The molecule has 0 bridgehead atoms. The zero-order chi connectivity index (χ0) is 23.8. The van der Waals surface area contributed by atoms with Gasteiger partial charge in [0.05, 0.1) is 32.1 Å². The van der Waals surface area contributed by atoms with Gasteiger partial charge in [0.15, 0.2) is 6.10 Å². The number of aliphatic hydroxyl groups excluding tert-OH is 1. The number of fused-ring (bicyclic) bond motifs is 1. The van der Waals surface area contributed by atoms with Crippen LogP contribution in [0.4, 0.5) is 11.6 Å². The smallest absolute Gasteiger partial charge is 0.257 e. The van der Waals surface area contributed by atoms with Gasteiger partial charge in [-0.05, 0) is 13.0 Å². The Bertz CT molecular complexity index is 1190. The lowest BCUT2D eigenvalue weighted by atomic mass is 10.3. The van der Waals surface area contributed by atoms with Crippen LogP contribution in [0.5, 0.6) is 5.88 Å². The number of aliphatic hydroxyl groups is 1. The predicted molar refractivity (Wildman–Crippen MR) is 107 cm³/mol. The first-order valence-electron chi connectivity index (χ1n) is 10.8. The topological polar surface area (TPSA) is 132 Å². The van der Waals surface area contributed by atoms with Crippen molar-refractivity contribution in [1.29, 1.82) is 5.26 Å². The second-order valence-electron chi connectivity index (χ2n) is 6.97. The first kappa shape index (κ1) is 16.6. The summed E-state index contributed by atoms with van der Waals surface area (Å²) >= 11 is 0. The zero-order valence-corrected chi connectivity index (χ0v) is 16.4. The monoisotopic (exact) mass is 416 g/mol. The molecular weight excluding hydrogens is 390 g/mol. The van der Waals surface area contributed by atoms with E-state index >= 15 is 0 Å². The van der Waals surface area contributed by atoms with Crippen LogP contribution in [0.25, 0.3) is 11.0 Å². The zero-order valence-electron chi connectivity index (χ0n) is 19.4. The second kappa shape index (κ2) is 8.27. The van der Waals surface area contributed by atoms with Crippen molar-refractivity contribution in [1.82, 2.24) is 24.3 Å². The van der Waals surface area contributed by atoms with Gasteiger partial charge in [-0.3, -0.25) is 4.68 Å². The van der Waals surface area contributed by atoms with E-state index in [1.165, 1.54) is 6.20 Å². The summed E-state index contributed by atoms with van der Waals surface area (Å²) in [5.41, 5.74) is 1.13. The van der Waals surface area contributed by atoms with Crippen LogP contribution in [0.1, 0.15) is 22.8 Å². The van der Waals surface area contributed by atoms with Crippen LogP contribution in [0.15, 0.2) is 18.5 Å². The van der Waals surface area contributed by atoms with Gasteiger partial charge in [0.2, 0.25) is 5.95 Å². The lowest BCUT2D eigenvalue weighted by Gasteiger charge is -2.16. The molecule has 1 aliphatic heterocycles. The summed E-state index contributed by atoms with van der Waals surface area (Å²) in [4.78, 5) is 8.80. The SMILES string of the molecule is [2H]C([2H])([2H])n1cc(Nc2ncc3cc(C#N)n([C@@H](C)COC)c3n2)c(O[C@H]2COC[C@H]2O)n1. The number of nitrogens with one attached hydrogen (secondary N) is 1. The molecule has 1 saturated heterocycles. The fourth-order valence-corrected chi connectivity index (χ4v) is 3.35. The number of nitriles is 1. The summed E-state index contributed by atoms with van der Waals surface area (Å²) in [5, 5.41) is 27.1. The molecule has 0 amide bonds. The molecule has 3 aromatic rings. The lowest BCUT2D eigenvalue weighted by Crippen LogP contribution is -2.30. The van der Waals surface area contributed by atoms with E-state index in [9.17, 15) is 10.4 Å². The maximum atomic E-state index is 9.99. The highest BCUT2D eigenvalue weighted by Gasteiger charge is 2.30. The molecule has 0 saturated carbocycles. The fourth-order valence-electron chi connectivity index (χ4n) is 3.35. The highest BCUT2D eigenvalue weighted by atomic mass is 16.6. The van der Waals surface area contributed by atoms with Gasteiger partial charge in [-0.1, -0.05) is 0 Å². The number of hydrogen-bond donors (Lipinski definition) is 2. The fraction of sp³-hybridized carbons (Fsp3) is 0.474. The normalized spacial score (nSPS) is 21.6. The van der Waals surface area contributed by atoms with Gasteiger partial charge in [-0.25, -0.2) is 4.98 Å². The van der Waals surface area contributed by atoms with Crippen LogP contribution in [0, 0.1) is 11.3 Å². The third kappa shape index (κ3) is 3.80. The number of methoxy groups -OCH3 is 1. The highest BCUT2D eigenvalue weighted by molar-refractivity contribution is 5.79. The molecule has 158 valence electrons. The van der Waals surface area contributed by atoms with Gasteiger partial charge < -0.3 is 29.2 Å². The average Bonchev–Trinajstić information content (AvgIpc) is 3.45. The summed E-state index contributed by atoms with van der Waals surface area (Å²) in [5.74, 6) is 0.110. The average molecular weight is 416 g/mol. The van der Waals surface area contributed by atoms with E-state index in [0.717, 1.165) is 4.68 Å². The van der Waals surface area contributed by atoms with E-state index in [2.05, 4.69) is 26.5 Å². The number of anilines is 2. The molecule has 0 unspecified atom stereocenters. The molecular formula is C19H23N7O4. The number of aryl methyl sites for hydroxylation is 1. The van der Waals surface area contributed by atoms with E-state index < -0.39 is 19.2 Å². The van der Waals surface area contributed by atoms with Crippen molar-refractivity contribution >= 4 is 22.7 Å². The minimum atomic E-state index is -2.54. The van der Waals surface area contributed by atoms with Crippen molar-refractivity contribution in [3.63, 3.8) is 0 Å². The molecule has 4 heterocycles. The molecule has 0 aliphatic carbocycles. The van der Waals surface area contributed by atoms with Crippen molar-refractivity contribution < 1.29 is 23.4 Å². The third-order valence-electron chi connectivity index (χ3n) is 4.73.